The molecule has 1 aromatic heterocycles. The summed E-state index contributed by atoms with van der Waals surface area (Å²) in [5, 5.41) is 4.82. The first-order valence-corrected chi connectivity index (χ1v) is 9.36. The highest BCUT2D eigenvalue weighted by atomic mass is 32.1. The highest BCUT2D eigenvalue weighted by Crippen LogP contribution is 2.36. The molecule has 0 bridgehead atoms. The molecule has 0 aromatic carbocycles. The van der Waals surface area contributed by atoms with Crippen LogP contribution in [0.1, 0.15) is 64.5 Å². The van der Waals surface area contributed by atoms with E-state index >= 15 is 0 Å². The maximum atomic E-state index is 4.96. The van der Waals surface area contributed by atoms with Crippen LogP contribution >= 0.6 is 11.3 Å². The molecule has 1 aromatic rings. The third-order valence-electron chi connectivity index (χ3n) is 4.42. The Hall–Kier alpha value is -0.610. The lowest BCUT2D eigenvalue weighted by molar-refractivity contribution is 0.553. The predicted octanol–water partition coefficient (Wildman–Crippen LogP) is 4.22. The van der Waals surface area contributed by atoms with Crippen LogP contribution in [0.5, 0.6) is 0 Å². The van der Waals surface area contributed by atoms with Crippen LogP contribution in [0, 0.1) is 5.92 Å². The lowest BCUT2D eigenvalue weighted by Crippen LogP contribution is -2.33. The van der Waals surface area contributed by atoms with E-state index in [0.717, 1.165) is 19.5 Å². The predicted molar refractivity (Wildman–Crippen MR) is 93.3 cm³/mol. The van der Waals surface area contributed by atoms with E-state index in [1.54, 1.807) is 0 Å². The standard InChI is InChI=1S/C17H31N3S/c1-6-14-9-8-13(5)20(14)17-19-15(7-2)16(21-17)11-18-10-12(3)4/h12-14,18H,6-11H2,1-5H3. The van der Waals surface area contributed by atoms with E-state index in [1.807, 2.05) is 11.3 Å². The Labute approximate surface area is 134 Å². The summed E-state index contributed by atoms with van der Waals surface area (Å²) in [6.45, 7) is 13.4. The van der Waals surface area contributed by atoms with Crippen molar-refractivity contribution in [3.05, 3.63) is 10.6 Å². The fourth-order valence-electron chi connectivity index (χ4n) is 3.19. The molecule has 1 saturated heterocycles. The number of aryl methyl sites for hydroxylation is 1. The van der Waals surface area contributed by atoms with Crippen LogP contribution in [0.3, 0.4) is 0 Å². The second-order valence-corrected chi connectivity index (χ2v) is 7.70. The first kappa shape index (κ1) is 16.8. The number of nitrogens with zero attached hydrogens (tertiary/aromatic N) is 2. The Morgan fingerprint density at radius 1 is 1.33 bits per heavy atom. The van der Waals surface area contributed by atoms with Crippen LogP contribution in [0.4, 0.5) is 5.13 Å². The minimum Gasteiger partial charge on any atom is -0.342 e. The van der Waals surface area contributed by atoms with E-state index in [1.165, 1.54) is 35.0 Å². The maximum Gasteiger partial charge on any atom is 0.186 e. The Bertz CT molecular complexity index is 441. The molecule has 3 nitrogen and oxygen atoms in total. The molecule has 2 unspecified atom stereocenters. The summed E-state index contributed by atoms with van der Waals surface area (Å²) in [7, 11) is 0. The molecule has 120 valence electrons. The largest absolute Gasteiger partial charge is 0.342 e. The van der Waals surface area contributed by atoms with Gasteiger partial charge in [0.15, 0.2) is 5.13 Å². The zero-order valence-electron chi connectivity index (χ0n) is 14.3. The Morgan fingerprint density at radius 3 is 2.71 bits per heavy atom. The monoisotopic (exact) mass is 309 g/mol. The van der Waals surface area contributed by atoms with Crippen molar-refractivity contribution < 1.29 is 0 Å². The number of aromatic nitrogens is 1. The fraction of sp³-hybridized carbons (Fsp3) is 0.824. The van der Waals surface area contributed by atoms with Crippen LogP contribution in [-0.2, 0) is 13.0 Å². The Balaban J connectivity index is 2.12. The van der Waals surface area contributed by atoms with Gasteiger partial charge in [-0.25, -0.2) is 4.98 Å². The molecular formula is C17H31N3S. The Kier molecular flexibility index (Phi) is 6.06. The van der Waals surface area contributed by atoms with Gasteiger partial charge in [0.1, 0.15) is 0 Å². The summed E-state index contributed by atoms with van der Waals surface area (Å²) in [6.07, 6.45) is 4.89. The molecule has 21 heavy (non-hydrogen) atoms. The van der Waals surface area contributed by atoms with Gasteiger partial charge < -0.3 is 10.2 Å². The molecule has 0 saturated carbocycles. The summed E-state index contributed by atoms with van der Waals surface area (Å²) < 4.78 is 0. The topological polar surface area (TPSA) is 28.2 Å². The molecule has 1 fully saturated rings. The van der Waals surface area contributed by atoms with Crippen molar-refractivity contribution in [1.29, 1.82) is 0 Å². The summed E-state index contributed by atoms with van der Waals surface area (Å²) in [5.41, 5.74) is 1.29. The van der Waals surface area contributed by atoms with Gasteiger partial charge in [-0.15, -0.1) is 11.3 Å². The molecule has 2 atom stereocenters. The molecule has 0 spiro atoms. The Morgan fingerprint density at radius 2 is 2.10 bits per heavy atom. The summed E-state index contributed by atoms with van der Waals surface area (Å²) in [5.74, 6) is 0.700. The molecule has 0 amide bonds. The molecular weight excluding hydrogens is 278 g/mol. The van der Waals surface area contributed by atoms with E-state index in [0.29, 0.717) is 18.0 Å². The molecule has 4 heteroatoms. The molecule has 1 aliphatic heterocycles. The van der Waals surface area contributed by atoms with Gasteiger partial charge in [0.25, 0.3) is 0 Å². The fourth-order valence-corrected chi connectivity index (χ4v) is 4.48. The van der Waals surface area contributed by atoms with Gasteiger partial charge in [-0.2, -0.15) is 0 Å². The van der Waals surface area contributed by atoms with E-state index < -0.39 is 0 Å². The third-order valence-corrected chi connectivity index (χ3v) is 5.53. The zero-order valence-corrected chi connectivity index (χ0v) is 15.1. The van der Waals surface area contributed by atoms with Crippen LogP contribution in [0.15, 0.2) is 0 Å². The first-order valence-electron chi connectivity index (χ1n) is 8.54. The lowest BCUT2D eigenvalue weighted by Gasteiger charge is -2.27. The number of hydrogen-bond acceptors (Lipinski definition) is 4. The second kappa shape index (κ2) is 7.59. The quantitative estimate of drug-likeness (QED) is 0.817. The lowest BCUT2D eigenvalue weighted by atomic mass is 10.2. The van der Waals surface area contributed by atoms with E-state index in [9.17, 15) is 0 Å². The number of hydrogen-bond donors (Lipinski definition) is 1. The van der Waals surface area contributed by atoms with Crippen molar-refractivity contribution in [2.24, 2.45) is 5.92 Å². The van der Waals surface area contributed by atoms with Gasteiger partial charge >= 0.3 is 0 Å². The van der Waals surface area contributed by atoms with Crippen molar-refractivity contribution in [3.63, 3.8) is 0 Å². The average molecular weight is 310 g/mol. The molecule has 2 rings (SSSR count). The van der Waals surface area contributed by atoms with Crippen molar-refractivity contribution in [2.45, 2.75) is 78.9 Å². The minimum absolute atomic E-state index is 0.641. The van der Waals surface area contributed by atoms with Gasteiger partial charge in [0.2, 0.25) is 0 Å². The van der Waals surface area contributed by atoms with Crippen molar-refractivity contribution in [3.8, 4) is 0 Å². The minimum atomic E-state index is 0.641. The van der Waals surface area contributed by atoms with Crippen molar-refractivity contribution in [2.75, 3.05) is 11.4 Å². The molecule has 1 aliphatic rings. The molecule has 1 N–H and O–H groups in total. The number of rotatable bonds is 7. The summed E-state index contributed by atoms with van der Waals surface area (Å²) in [4.78, 5) is 8.97. The molecule has 0 aliphatic carbocycles. The number of thiazole rings is 1. The van der Waals surface area contributed by atoms with Crippen LogP contribution in [0.25, 0.3) is 0 Å². The van der Waals surface area contributed by atoms with Gasteiger partial charge in [0.05, 0.1) is 5.69 Å². The van der Waals surface area contributed by atoms with E-state index in [4.69, 9.17) is 4.98 Å². The van der Waals surface area contributed by atoms with Gasteiger partial charge in [0, 0.05) is 23.5 Å². The van der Waals surface area contributed by atoms with Crippen LogP contribution < -0.4 is 10.2 Å². The molecule has 0 radical (unpaired) electrons. The highest BCUT2D eigenvalue weighted by molar-refractivity contribution is 7.15. The number of nitrogens with one attached hydrogen (secondary N) is 1. The number of anilines is 1. The maximum absolute atomic E-state index is 4.96. The smallest absolute Gasteiger partial charge is 0.186 e. The van der Waals surface area contributed by atoms with Crippen LogP contribution in [0.2, 0.25) is 0 Å². The van der Waals surface area contributed by atoms with Gasteiger partial charge in [-0.05, 0) is 45.1 Å². The average Bonchev–Trinajstić information content (AvgIpc) is 3.01. The molecule has 2 heterocycles. The van der Waals surface area contributed by atoms with Gasteiger partial charge in [-0.3, -0.25) is 0 Å². The van der Waals surface area contributed by atoms with E-state index in [-0.39, 0.29) is 0 Å². The summed E-state index contributed by atoms with van der Waals surface area (Å²) >= 11 is 1.91. The first-order chi connectivity index (χ1) is 10.1. The van der Waals surface area contributed by atoms with Crippen molar-refractivity contribution in [1.82, 2.24) is 10.3 Å². The summed E-state index contributed by atoms with van der Waals surface area (Å²) in [6, 6.07) is 1.33. The van der Waals surface area contributed by atoms with Crippen molar-refractivity contribution >= 4 is 16.5 Å². The normalized spacial score (nSPS) is 22.5. The zero-order chi connectivity index (χ0) is 15.4. The van der Waals surface area contributed by atoms with E-state index in [2.05, 4.69) is 44.8 Å². The van der Waals surface area contributed by atoms with Crippen LogP contribution in [-0.4, -0.2) is 23.6 Å². The third kappa shape index (κ3) is 3.98. The second-order valence-electron chi connectivity index (χ2n) is 6.64. The highest BCUT2D eigenvalue weighted by Gasteiger charge is 2.31. The van der Waals surface area contributed by atoms with Gasteiger partial charge in [-0.1, -0.05) is 27.7 Å². The SMILES string of the molecule is CCc1nc(N2C(C)CCC2CC)sc1CNCC(C)C.